The molecule has 0 bridgehead atoms. The molecule has 1 aromatic carbocycles. The van der Waals surface area contributed by atoms with Crippen molar-refractivity contribution in [3.05, 3.63) is 23.8 Å². The van der Waals surface area contributed by atoms with Gasteiger partial charge in [-0.25, -0.2) is 0 Å². The Hall–Kier alpha value is -1.71. The van der Waals surface area contributed by atoms with E-state index in [0.29, 0.717) is 11.3 Å². The second-order valence-corrected chi connectivity index (χ2v) is 5.67. The monoisotopic (exact) mass is 261 g/mol. The molecule has 0 radical (unpaired) electrons. The van der Waals surface area contributed by atoms with Crippen LogP contribution >= 0.6 is 0 Å². The molecule has 1 saturated carbocycles. The molecule has 0 spiro atoms. The zero-order valence-electron chi connectivity index (χ0n) is 11.5. The van der Waals surface area contributed by atoms with Gasteiger partial charge in [0.05, 0.1) is 5.56 Å². The summed E-state index contributed by atoms with van der Waals surface area (Å²) >= 11 is 0. The van der Waals surface area contributed by atoms with Gasteiger partial charge in [0.25, 0.3) is 5.91 Å². The minimum Gasteiger partial charge on any atom is -0.398 e. The Labute approximate surface area is 114 Å². The molecule has 2 rings (SSSR count). The van der Waals surface area contributed by atoms with E-state index in [2.05, 4.69) is 12.2 Å². The van der Waals surface area contributed by atoms with Crippen LogP contribution in [0.1, 0.15) is 43.0 Å². The van der Waals surface area contributed by atoms with E-state index in [4.69, 9.17) is 11.5 Å². The molecular weight excluding hydrogens is 238 g/mol. The zero-order chi connectivity index (χ0) is 13.8. The number of carbonyl (C=O) groups excluding carboxylic acids is 1. The van der Waals surface area contributed by atoms with Gasteiger partial charge < -0.3 is 16.8 Å². The van der Waals surface area contributed by atoms with Gasteiger partial charge in [-0.05, 0) is 42.9 Å². The maximum atomic E-state index is 11.2. The Kier molecular flexibility index (Phi) is 4.30. The third-order valence-electron chi connectivity index (χ3n) is 4.05. The van der Waals surface area contributed by atoms with Gasteiger partial charge in [-0.15, -0.1) is 0 Å². The number of benzene rings is 1. The summed E-state index contributed by atoms with van der Waals surface area (Å²) in [5, 5.41) is 3.39. The number of primary amides is 1. The molecule has 0 aromatic heterocycles. The quantitative estimate of drug-likeness (QED) is 0.729. The summed E-state index contributed by atoms with van der Waals surface area (Å²) in [6.07, 6.45) is 5.21. The Morgan fingerprint density at radius 2 is 2.00 bits per heavy atom. The summed E-state index contributed by atoms with van der Waals surface area (Å²) in [7, 11) is 0. The molecule has 0 heterocycles. The fraction of sp³-hybridized carbons (Fsp3) is 0.533. The molecule has 1 aliphatic carbocycles. The number of anilines is 2. The van der Waals surface area contributed by atoms with Crippen LogP contribution < -0.4 is 16.8 Å². The third kappa shape index (κ3) is 3.63. The molecule has 0 aliphatic heterocycles. The predicted octanol–water partition coefficient (Wildman–Crippen LogP) is 2.61. The largest absolute Gasteiger partial charge is 0.398 e. The number of nitrogens with two attached hydrogens (primary N) is 2. The highest BCUT2D eigenvalue weighted by Gasteiger charge is 2.18. The van der Waals surface area contributed by atoms with Crippen LogP contribution in [0.15, 0.2) is 18.2 Å². The average molecular weight is 261 g/mol. The lowest BCUT2D eigenvalue weighted by Crippen LogP contribution is -2.20. The molecular formula is C15H23N3O. The van der Waals surface area contributed by atoms with Crippen LogP contribution in [0, 0.1) is 11.8 Å². The van der Waals surface area contributed by atoms with Crippen molar-refractivity contribution in [1.82, 2.24) is 0 Å². The van der Waals surface area contributed by atoms with Gasteiger partial charge in [0.2, 0.25) is 0 Å². The predicted molar refractivity (Wildman–Crippen MR) is 79.0 cm³/mol. The maximum absolute atomic E-state index is 11.2. The van der Waals surface area contributed by atoms with Crippen molar-refractivity contribution in [3.8, 4) is 0 Å². The summed E-state index contributed by atoms with van der Waals surface area (Å²) in [5.41, 5.74) is 12.8. The number of nitrogens with one attached hydrogen (secondary N) is 1. The van der Waals surface area contributed by atoms with E-state index in [-0.39, 0.29) is 0 Å². The second-order valence-electron chi connectivity index (χ2n) is 5.67. The third-order valence-corrected chi connectivity index (χ3v) is 4.05. The van der Waals surface area contributed by atoms with E-state index in [0.717, 1.165) is 24.1 Å². The van der Waals surface area contributed by atoms with Gasteiger partial charge in [-0.2, -0.15) is 0 Å². The number of carbonyl (C=O) groups is 1. The van der Waals surface area contributed by atoms with Gasteiger partial charge in [0.15, 0.2) is 0 Å². The van der Waals surface area contributed by atoms with Crippen molar-refractivity contribution in [2.75, 3.05) is 17.6 Å². The highest BCUT2D eigenvalue weighted by atomic mass is 16.1. The fourth-order valence-electron chi connectivity index (χ4n) is 2.68. The number of hydrogen-bond donors (Lipinski definition) is 3. The van der Waals surface area contributed by atoms with Crippen LogP contribution in [0.2, 0.25) is 0 Å². The van der Waals surface area contributed by atoms with Crippen molar-refractivity contribution in [3.63, 3.8) is 0 Å². The van der Waals surface area contributed by atoms with Crippen LogP contribution in [-0.2, 0) is 0 Å². The molecule has 19 heavy (non-hydrogen) atoms. The number of hydrogen-bond acceptors (Lipinski definition) is 3. The van der Waals surface area contributed by atoms with E-state index in [1.807, 2.05) is 6.07 Å². The Morgan fingerprint density at radius 3 is 2.63 bits per heavy atom. The van der Waals surface area contributed by atoms with Crippen molar-refractivity contribution < 1.29 is 4.79 Å². The Balaban J connectivity index is 1.92. The van der Waals surface area contributed by atoms with Crippen LogP contribution in [-0.4, -0.2) is 12.5 Å². The van der Waals surface area contributed by atoms with Crippen LogP contribution in [0.4, 0.5) is 11.4 Å². The minimum absolute atomic E-state index is 0.391. The minimum atomic E-state index is -0.479. The fourth-order valence-corrected chi connectivity index (χ4v) is 2.68. The first kappa shape index (κ1) is 13.7. The van der Waals surface area contributed by atoms with Crippen molar-refractivity contribution >= 4 is 17.3 Å². The smallest absolute Gasteiger partial charge is 0.250 e. The summed E-state index contributed by atoms with van der Waals surface area (Å²) < 4.78 is 0. The lowest BCUT2D eigenvalue weighted by atomic mass is 9.83. The second kappa shape index (κ2) is 5.95. The van der Waals surface area contributed by atoms with E-state index in [1.54, 1.807) is 12.1 Å². The van der Waals surface area contributed by atoms with E-state index in [1.165, 1.54) is 25.7 Å². The molecule has 4 nitrogen and oxygen atoms in total. The van der Waals surface area contributed by atoms with Gasteiger partial charge in [-0.3, -0.25) is 4.79 Å². The number of rotatable bonds is 4. The molecule has 1 aliphatic rings. The Morgan fingerprint density at radius 1 is 1.32 bits per heavy atom. The lowest BCUT2D eigenvalue weighted by Gasteiger charge is -2.26. The van der Waals surface area contributed by atoms with Crippen molar-refractivity contribution in [2.45, 2.75) is 32.6 Å². The molecule has 0 saturated heterocycles. The van der Waals surface area contributed by atoms with E-state index >= 15 is 0 Å². The summed E-state index contributed by atoms with van der Waals surface area (Å²) in [6.45, 7) is 3.28. The first-order valence-corrected chi connectivity index (χ1v) is 6.99. The standard InChI is InChI=1S/C15H23N3O/c1-10-2-4-11(5-3-10)9-18-12-6-7-14(16)13(8-12)15(17)19/h6-8,10-11,18H,2-5,9,16H2,1H3,(H2,17,19). The molecule has 4 heteroatoms. The van der Waals surface area contributed by atoms with Gasteiger partial charge in [0.1, 0.15) is 0 Å². The molecule has 1 fully saturated rings. The first-order chi connectivity index (χ1) is 9.06. The summed E-state index contributed by atoms with van der Waals surface area (Å²) in [5.74, 6) is 1.12. The van der Waals surface area contributed by atoms with Gasteiger partial charge in [0, 0.05) is 17.9 Å². The average Bonchev–Trinajstić information content (AvgIpc) is 2.39. The van der Waals surface area contributed by atoms with Gasteiger partial charge >= 0.3 is 0 Å². The molecule has 0 atom stereocenters. The van der Waals surface area contributed by atoms with E-state index in [9.17, 15) is 4.79 Å². The van der Waals surface area contributed by atoms with E-state index < -0.39 is 5.91 Å². The Bertz CT molecular complexity index is 451. The molecule has 1 amide bonds. The highest BCUT2D eigenvalue weighted by molar-refractivity contribution is 5.98. The van der Waals surface area contributed by atoms with Crippen molar-refractivity contribution in [2.24, 2.45) is 17.6 Å². The number of amides is 1. The highest BCUT2D eigenvalue weighted by Crippen LogP contribution is 2.28. The molecule has 5 N–H and O–H groups in total. The van der Waals surface area contributed by atoms with Crippen LogP contribution in [0.3, 0.4) is 0 Å². The summed E-state index contributed by atoms with van der Waals surface area (Å²) in [4.78, 5) is 11.2. The van der Waals surface area contributed by atoms with Gasteiger partial charge in [-0.1, -0.05) is 19.8 Å². The maximum Gasteiger partial charge on any atom is 0.250 e. The normalized spacial score (nSPS) is 23.0. The van der Waals surface area contributed by atoms with Crippen molar-refractivity contribution in [1.29, 1.82) is 0 Å². The SMILES string of the molecule is CC1CCC(CNc2ccc(N)c(C(N)=O)c2)CC1. The summed E-state index contributed by atoms with van der Waals surface area (Å²) in [6, 6.07) is 5.36. The number of nitrogen functional groups attached to an aromatic ring is 1. The molecule has 1 aromatic rings. The molecule has 0 unspecified atom stereocenters. The first-order valence-electron chi connectivity index (χ1n) is 6.99. The molecule has 104 valence electrons. The van der Waals surface area contributed by atoms with Crippen LogP contribution in [0.25, 0.3) is 0 Å². The zero-order valence-corrected chi connectivity index (χ0v) is 11.5. The van der Waals surface area contributed by atoms with Crippen LogP contribution in [0.5, 0.6) is 0 Å². The topological polar surface area (TPSA) is 81.1 Å². The lowest BCUT2D eigenvalue weighted by molar-refractivity contribution is 0.100.